The second-order valence-electron chi connectivity index (χ2n) is 3.63. The summed E-state index contributed by atoms with van der Waals surface area (Å²) in [6.07, 6.45) is 3.91. The van der Waals surface area contributed by atoms with Gasteiger partial charge in [-0.05, 0) is 24.8 Å². The van der Waals surface area contributed by atoms with Gasteiger partial charge in [-0.3, -0.25) is 5.10 Å². The van der Waals surface area contributed by atoms with Crippen LogP contribution in [-0.2, 0) is 0 Å². The number of rotatable bonds is 2. The van der Waals surface area contributed by atoms with Crippen molar-refractivity contribution < 1.29 is 0 Å². The number of nitrogens with one attached hydrogen (secondary N) is 2. The SMILES string of the molecule is S=c1cc(C2CC2)[nH]c(-c2ncn[nH]2)n1. The number of hydrogen-bond donors (Lipinski definition) is 2. The molecular formula is C9H9N5S. The Balaban J connectivity index is 2.11. The molecule has 0 aliphatic heterocycles. The number of nitrogens with zero attached hydrogens (tertiary/aromatic N) is 3. The van der Waals surface area contributed by atoms with Gasteiger partial charge in [-0.2, -0.15) is 5.10 Å². The summed E-state index contributed by atoms with van der Waals surface area (Å²) in [6.45, 7) is 0. The molecule has 1 saturated carbocycles. The van der Waals surface area contributed by atoms with Crippen molar-refractivity contribution in [1.82, 2.24) is 25.1 Å². The summed E-state index contributed by atoms with van der Waals surface area (Å²) in [6, 6.07) is 1.92. The molecule has 2 N–H and O–H groups in total. The summed E-state index contributed by atoms with van der Waals surface area (Å²) in [5.41, 5.74) is 1.15. The Morgan fingerprint density at radius 2 is 2.20 bits per heavy atom. The third-order valence-corrected chi connectivity index (χ3v) is 2.63. The van der Waals surface area contributed by atoms with Crippen LogP contribution in [0.25, 0.3) is 11.6 Å². The van der Waals surface area contributed by atoms with Crippen molar-refractivity contribution in [1.29, 1.82) is 0 Å². The number of H-pyrrole nitrogens is 2. The van der Waals surface area contributed by atoms with Crippen LogP contribution in [0.4, 0.5) is 0 Å². The molecule has 0 spiro atoms. The standard InChI is InChI=1S/C9H9N5S/c15-7-3-6(5-1-2-5)12-9(13-7)8-10-4-11-14-8/h3-5H,1-2H2,(H,10,11,14)(H,12,13,15). The summed E-state index contributed by atoms with van der Waals surface area (Å²) >= 11 is 5.11. The molecule has 1 fully saturated rings. The van der Waals surface area contributed by atoms with Crippen molar-refractivity contribution in [2.45, 2.75) is 18.8 Å². The molecule has 1 aliphatic rings. The van der Waals surface area contributed by atoms with E-state index in [9.17, 15) is 0 Å². The summed E-state index contributed by atoms with van der Waals surface area (Å²) in [4.78, 5) is 11.5. The van der Waals surface area contributed by atoms with Crippen LogP contribution in [0.2, 0.25) is 0 Å². The van der Waals surface area contributed by atoms with Crippen molar-refractivity contribution in [3.63, 3.8) is 0 Å². The zero-order valence-corrected chi connectivity index (χ0v) is 8.71. The van der Waals surface area contributed by atoms with Crippen molar-refractivity contribution in [2.75, 3.05) is 0 Å². The van der Waals surface area contributed by atoms with Gasteiger partial charge in [-0.1, -0.05) is 12.2 Å². The van der Waals surface area contributed by atoms with E-state index in [0.29, 0.717) is 22.2 Å². The van der Waals surface area contributed by atoms with Gasteiger partial charge in [0.05, 0.1) is 0 Å². The van der Waals surface area contributed by atoms with Gasteiger partial charge in [0, 0.05) is 5.69 Å². The van der Waals surface area contributed by atoms with Gasteiger partial charge in [0.1, 0.15) is 11.0 Å². The maximum absolute atomic E-state index is 5.11. The fourth-order valence-corrected chi connectivity index (χ4v) is 1.74. The van der Waals surface area contributed by atoms with Crippen molar-refractivity contribution in [3.05, 3.63) is 22.7 Å². The Morgan fingerprint density at radius 1 is 1.33 bits per heavy atom. The molecule has 0 amide bonds. The first-order valence-electron chi connectivity index (χ1n) is 4.80. The predicted octanol–water partition coefficient (Wildman–Crippen LogP) is 1.80. The Hall–Kier alpha value is -1.56. The largest absolute Gasteiger partial charge is 0.340 e. The Morgan fingerprint density at radius 3 is 2.87 bits per heavy atom. The van der Waals surface area contributed by atoms with E-state index in [4.69, 9.17) is 12.2 Å². The molecule has 0 bridgehead atoms. The highest BCUT2D eigenvalue weighted by atomic mass is 32.1. The van der Waals surface area contributed by atoms with Gasteiger partial charge >= 0.3 is 0 Å². The first kappa shape index (κ1) is 8.72. The van der Waals surface area contributed by atoms with E-state index in [0.717, 1.165) is 5.69 Å². The van der Waals surface area contributed by atoms with Crippen LogP contribution in [0.1, 0.15) is 24.5 Å². The van der Waals surface area contributed by atoms with Crippen LogP contribution < -0.4 is 0 Å². The van der Waals surface area contributed by atoms with Gasteiger partial charge in [0.2, 0.25) is 0 Å². The molecule has 5 nitrogen and oxygen atoms in total. The topological polar surface area (TPSA) is 70.2 Å². The highest BCUT2D eigenvalue weighted by Gasteiger charge is 2.25. The minimum Gasteiger partial charge on any atom is -0.340 e. The molecule has 3 rings (SSSR count). The van der Waals surface area contributed by atoms with E-state index in [1.807, 2.05) is 6.07 Å². The summed E-state index contributed by atoms with van der Waals surface area (Å²) < 4.78 is 0.599. The lowest BCUT2D eigenvalue weighted by Crippen LogP contribution is -1.96. The lowest BCUT2D eigenvalue weighted by molar-refractivity contribution is 0.970. The lowest BCUT2D eigenvalue weighted by atomic mass is 10.3. The fourth-order valence-electron chi connectivity index (χ4n) is 1.52. The maximum Gasteiger partial charge on any atom is 0.191 e. The summed E-state index contributed by atoms with van der Waals surface area (Å²) in [7, 11) is 0. The minimum absolute atomic E-state index is 0.599. The molecule has 6 heteroatoms. The molecular weight excluding hydrogens is 210 g/mol. The summed E-state index contributed by atoms with van der Waals surface area (Å²) in [5, 5.41) is 6.55. The Kier molecular flexibility index (Phi) is 1.88. The molecule has 0 saturated heterocycles. The van der Waals surface area contributed by atoms with Gasteiger partial charge in [0.15, 0.2) is 11.6 Å². The molecule has 0 atom stereocenters. The number of aromatic amines is 2. The molecule has 2 aromatic rings. The van der Waals surface area contributed by atoms with Crippen molar-refractivity contribution in [2.24, 2.45) is 0 Å². The van der Waals surface area contributed by atoms with Crippen molar-refractivity contribution in [3.8, 4) is 11.6 Å². The van der Waals surface area contributed by atoms with Crippen LogP contribution in [0.5, 0.6) is 0 Å². The molecule has 2 heterocycles. The second-order valence-corrected chi connectivity index (χ2v) is 4.05. The predicted molar refractivity (Wildman–Crippen MR) is 56.8 cm³/mol. The Labute approximate surface area is 91.0 Å². The first-order chi connectivity index (χ1) is 7.33. The average Bonchev–Trinajstić information content (AvgIpc) is 2.93. The molecule has 0 radical (unpaired) electrons. The molecule has 76 valence electrons. The third-order valence-electron chi connectivity index (χ3n) is 2.42. The van der Waals surface area contributed by atoms with Gasteiger partial charge < -0.3 is 4.98 Å². The van der Waals surface area contributed by atoms with Crippen LogP contribution in [0.15, 0.2) is 12.4 Å². The van der Waals surface area contributed by atoms with E-state index in [2.05, 4.69) is 25.1 Å². The van der Waals surface area contributed by atoms with Crippen LogP contribution in [0, 0.1) is 4.64 Å². The van der Waals surface area contributed by atoms with Crippen LogP contribution in [0.3, 0.4) is 0 Å². The van der Waals surface area contributed by atoms with E-state index in [1.165, 1.54) is 19.2 Å². The fraction of sp³-hybridized carbons (Fsp3) is 0.333. The van der Waals surface area contributed by atoms with Gasteiger partial charge in [-0.15, -0.1) is 0 Å². The Bertz CT molecular complexity index is 526. The monoisotopic (exact) mass is 219 g/mol. The highest BCUT2D eigenvalue weighted by Crippen LogP contribution is 2.39. The van der Waals surface area contributed by atoms with E-state index >= 15 is 0 Å². The lowest BCUT2D eigenvalue weighted by Gasteiger charge is -2.01. The maximum atomic E-state index is 5.11. The zero-order chi connectivity index (χ0) is 10.3. The van der Waals surface area contributed by atoms with E-state index < -0.39 is 0 Å². The van der Waals surface area contributed by atoms with Crippen LogP contribution >= 0.6 is 12.2 Å². The quantitative estimate of drug-likeness (QED) is 0.755. The average molecular weight is 219 g/mol. The molecule has 0 aromatic carbocycles. The van der Waals surface area contributed by atoms with Crippen LogP contribution in [-0.4, -0.2) is 25.1 Å². The second kappa shape index (κ2) is 3.23. The molecule has 15 heavy (non-hydrogen) atoms. The molecule has 0 unspecified atom stereocenters. The number of hydrogen-bond acceptors (Lipinski definition) is 4. The van der Waals surface area contributed by atoms with E-state index in [-0.39, 0.29) is 0 Å². The zero-order valence-electron chi connectivity index (χ0n) is 7.90. The number of aromatic nitrogens is 5. The molecule has 2 aromatic heterocycles. The molecule has 1 aliphatic carbocycles. The van der Waals surface area contributed by atoms with Gasteiger partial charge in [0.25, 0.3) is 0 Å². The minimum atomic E-state index is 0.599. The third kappa shape index (κ3) is 1.68. The highest BCUT2D eigenvalue weighted by molar-refractivity contribution is 7.71. The smallest absolute Gasteiger partial charge is 0.191 e. The normalized spacial score (nSPS) is 15.5. The summed E-state index contributed by atoms with van der Waals surface area (Å²) in [5.74, 6) is 1.92. The first-order valence-corrected chi connectivity index (χ1v) is 5.21. The van der Waals surface area contributed by atoms with E-state index in [1.54, 1.807) is 0 Å². The van der Waals surface area contributed by atoms with Gasteiger partial charge in [-0.25, -0.2) is 9.97 Å². The van der Waals surface area contributed by atoms with Crippen molar-refractivity contribution >= 4 is 12.2 Å².